The predicted molar refractivity (Wildman–Crippen MR) is 51.6 cm³/mol. The fourth-order valence-electron chi connectivity index (χ4n) is 1.16. The average molecular weight is 183 g/mol. The van der Waals surface area contributed by atoms with Crippen molar-refractivity contribution < 1.29 is 4.79 Å². The van der Waals surface area contributed by atoms with Crippen molar-refractivity contribution in [2.45, 2.75) is 26.7 Å². The molecule has 0 fully saturated rings. The van der Waals surface area contributed by atoms with Crippen molar-refractivity contribution in [2.24, 2.45) is 5.73 Å². The monoisotopic (exact) mass is 183 g/mol. The maximum Gasteiger partial charge on any atom is 0.258 e. The topological polar surface area (TPSA) is 43.1 Å². The van der Waals surface area contributed by atoms with Crippen LogP contribution in [0.2, 0.25) is 0 Å². The minimum absolute atomic E-state index is 0.314. The molecule has 0 unspecified atom stereocenters. The van der Waals surface area contributed by atoms with Gasteiger partial charge in [0.2, 0.25) is 0 Å². The maximum atomic E-state index is 10.8. The Labute approximate surface area is 76.4 Å². The van der Waals surface area contributed by atoms with E-state index in [0.717, 1.165) is 12.8 Å². The molecule has 1 amide bonds. The molecular formula is C9H13NOS. The average Bonchev–Trinajstić information content (AvgIpc) is 2.34. The van der Waals surface area contributed by atoms with Crippen LogP contribution in [-0.2, 0) is 6.42 Å². The van der Waals surface area contributed by atoms with Gasteiger partial charge in [-0.15, -0.1) is 11.3 Å². The normalized spacial score (nSPS) is 10.2. The third-order valence-electron chi connectivity index (χ3n) is 1.78. The molecule has 1 aromatic heterocycles. The predicted octanol–water partition coefficient (Wildman–Crippen LogP) is 2.11. The lowest BCUT2D eigenvalue weighted by atomic mass is 10.1. The molecule has 1 aromatic rings. The molecule has 1 rings (SSSR count). The highest BCUT2D eigenvalue weighted by Gasteiger charge is 2.07. The van der Waals surface area contributed by atoms with Crippen LogP contribution in [0.1, 0.15) is 33.5 Å². The molecule has 0 spiro atoms. The van der Waals surface area contributed by atoms with Gasteiger partial charge in [-0.3, -0.25) is 4.79 Å². The molecule has 0 radical (unpaired) electrons. The van der Waals surface area contributed by atoms with Gasteiger partial charge in [-0.05, 0) is 25.0 Å². The van der Waals surface area contributed by atoms with E-state index >= 15 is 0 Å². The Morgan fingerprint density at radius 2 is 2.33 bits per heavy atom. The summed E-state index contributed by atoms with van der Waals surface area (Å²) in [6.07, 6.45) is 2.14. The number of carbonyl (C=O) groups is 1. The number of aryl methyl sites for hydroxylation is 2. The summed E-state index contributed by atoms with van der Waals surface area (Å²) < 4.78 is 0. The van der Waals surface area contributed by atoms with Crippen LogP contribution in [0.4, 0.5) is 0 Å². The molecule has 2 N–H and O–H groups in total. The first-order chi connectivity index (χ1) is 5.65. The van der Waals surface area contributed by atoms with Crippen LogP contribution in [0.3, 0.4) is 0 Å². The zero-order valence-corrected chi connectivity index (χ0v) is 8.20. The SMILES string of the molecule is CCCc1cc(C(N)=O)sc1C. The number of nitrogens with two attached hydrogens (primary N) is 1. The van der Waals surface area contributed by atoms with E-state index < -0.39 is 0 Å². The quantitative estimate of drug-likeness (QED) is 0.766. The second-order valence-corrected chi connectivity index (χ2v) is 4.06. The van der Waals surface area contributed by atoms with Crippen LogP contribution in [-0.4, -0.2) is 5.91 Å². The lowest BCUT2D eigenvalue weighted by molar-refractivity contribution is 0.100. The molecule has 0 bridgehead atoms. The van der Waals surface area contributed by atoms with E-state index in [2.05, 4.69) is 6.92 Å². The number of rotatable bonds is 3. The molecule has 66 valence electrons. The van der Waals surface area contributed by atoms with Gasteiger partial charge in [0, 0.05) is 4.88 Å². The fourth-order valence-corrected chi connectivity index (χ4v) is 2.08. The number of amides is 1. The molecule has 0 saturated carbocycles. The molecule has 12 heavy (non-hydrogen) atoms. The first kappa shape index (κ1) is 9.26. The summed E-state index contributed by atoms with van der Waals surface area (Å²) >= 11 is 1.49. The van der Waals surface area contributed by atoms with E-state index in [4.69, 9.17) is 5.73 Å². The van der Waals surface area contributed by atoms with Crippen LogP contribution in [0, 0.1) is 6.92 Å². The van der Waals surface area contributed by atoms with Gasteiger partial charge >= 0.3 is 0 Å². The summed E-state index contributed by atoms with van der Waals surface area (Å²) in [6.45, 7) is 4.16. The smallest absolute Gasteiger partial charge is 0.258 e. The highest BCUT2D eigenvalue weighted by atomic mass is 32.1. The summed E-state index contributed by atoms with van der Waals surface area (Å²) in [4.78, 5) is 12.7. The van der Waals surface area contributed by atoms with Gasteiger partial charge in [0.15, 0.2) is 0 Å². The number of thiophene rings is 1. The van der Waals surface area contributed by atoms with E-state index in [1.54, 1.807) is 0 Å². The zero-order chi connectivity index (χ0) is 9.14. The van der Waals surface area contributed by atoms with Crippen molar-refractivity contribution in [1.82, 2.24) is 0 Å². The molecular weight excluding hydrogens is 170 g/mol. The minimum Gasteiger partial charge on any atom is -0.365 e. The van der Waals surface area contributed by atoms with E-state index in [-0.39, 0.29) is 5.91 Å². The zero-order valence-electron chi connectivity index (χ0n) is 7.39. The molecule has 0 aromatic carbocycles. The molecule has 0 aliphatic heterocycles. The second kappa shape index (κ2) is 3.72. The third-order valence-corrected chi connectivity index (χ3v) is 2.89. The van der Waals surface area contributed by atoms with Crippen LogP contribution < -0.4 is 5.73 Å². The Morgan fingerprint density at radius 3 is 2.75 bits per heavy atom. The molecule has 2 nitrogen and oxygen atoms in total. The molecule has 0 saturated heterocycles. The summed E-state index contributed by atoms with van der Waals surface area (Å²) in [5.74, 6) is -0.314. The first-order valence-electron chi connectivity index (χ1n) is 4.04. The molecule has 0 atom stereocenters. The van der Waals surface area contributed by atoms with Crippen molar-refractivity contribution in [3.8, 4) is 0 Å². The van der Waals surface area contributed by atoms with Gasteiger partial charge < -0.3 is 5.73 Å². The Kier molecular flexibility index (Phi) is 2.87. The van der Waals surface area contributed by atoms with E-state index in [9.17, 15) is 4.79 Å². The van der Waals surface area contributed by atoms with Gasteiger partial charge in [0.05, 0.1) is 4.88 Å². The minimum atomic E-state index is -0.314. The number of hydrogen-bond donors (Lipinski definition) is 1. The summed E-state index contributed by atoms with van der Waals surface area (Å²) in [5.41, 5.74) is 6.42. The van der Waals surface area contributed by atoms with E-state index in [1.807, 2.05) is 13.0 Å². The van der Waals surface area contributed by atoms with Crippen molar-refractivity contribution in [1.29, 1.82) is 0 Å². The highest BCUT2D eigenvalue weighted by molar-refractivity contribution is 7.14. The van der Waals surface area contributed by atoms with Crippen molar-refractivity contribution in [3.63, 3.8) is 0 Å². The van der Waals surface area contributed by atoms with Crippen LogP contribution in [0.5, 0.6) is 0 Å². The number of hydrogen-bond acceptors (Lipinski definition) is 2. The largest absolute Gasteiger partial charge is 0.365 e. The summed E-state index contributed by atoms with van der Waals surface area (Å²) in [7, 11) is 0. The molecule has 0 aliphatic carbocycles. The molecule has 1 heterocycles. The highest BCUT2D eigenvalue weighted by Crippen LogP contribution is 2.22. The lowest BCUT2D eigenvalue weighted by Crippen LogP contribution is -2.08. The van der Waals surface area contributed by atoms with Crippen LogP contribution in [0.25, 0.3) is 0 Å². The van der Waals surface area contributed by atoms with Crippen LogP contribution in [0.15, 0.2) is 6.07 Å². The van der Waals surface area contributed by atoms with Gasteiger partial charge in [0.25, 0.3) is 5.91 Å². The van der Waals surface area contributed by atoms with Gasteiger partial charge in [-0.2, -0.15) is 0 Å². The van der Waals surface area contributed by atoms with Gasteiger partial charge in [-0.1, -0.05) is 13.3 Å². The number of carbonyl (C=O) groups excluding carboxylic acids is 1. The van der Waals surface area contributed by atoms with Crippen molar-refractivity contribution in [2.75, 3.05) is 0 Å². The standard InChI is InChI=1S/C9H13NOS/c1-3-4-7-5-8(9(10)11)12-6(7)2/h5H,3-4H2,1-2H3,(H2,10,11). The summed E-state index contributed by atoms with van der Waals surface area (Å²) in [6, 6.07) is 1.91. The Morgan fingerprint density at radius 1 is 1.67 bits per heavy atom. The Hall–Kier alpha value is -0.830. The lowest BCUT2D eigenvalue weighted by Gasteiger charge is -1.92. The molecule has 0 aliphatic rings. The van der Waals surface area contributed by atoms with E-state index in [1.165, 1.54) is 21.8 Å². The number of primary amides is 1. The van der Waals surface area contributed by atoms with Crippen LogP contribution >= 0.6 is 11.3 Å². The van der Waals surface area contributed by atoms with E-state index in [0.29, 0.717) is 4.88 Å². The Bertz CT molecular complexity index is 291. The van der Waals surface area contributed by atoms with Crippen molar-refractivity contribution >= 4 is 17.2 Å². The second-order valence-electron chi connectivity index (χ2n) is 2.81. The molecule has 3 heteroatoms. The maximum absolute atomic E-state index is 10.8. The Balaban J connectivity index is 2.92. The van der Waals surface area contributed by atoms with Gasteiger partial charge in [0.1, 0.15) is 0 Å². The third kappa shape index (κ3) is 1.85. The first-order valence-corrected chi connectivity index (χ1v) is 4.86. The summed E-state index contributed by atoms with van der Waals surface area (Å²) in [5, 5.41) is 0. The fraction of sp³-hybridized carbons (Fsp3) is 0.444. The van der Waals surface area contributed by atoms with Gasteiger partial charge in [-0.25, -0.2) is 0 Å². The van der Waals surface area contributed by atoms with Crippen molar-refractivity contribution in [3.05, 3.63) is 21.4 Å².